The highest BCUT2D eigenvalue weighted by atomic mass is 79.9. The molecule has 0 aromatic heterocycles. The van der Waals surface area contributed by atoms with E-state index < -0.39 is 10.1 Å². The Labute approximate surface area is 93.5 Å². The van der Waals surface area contributed by atoms with Gasteiger partial charge in [-0.1, -0.05) is 6.07 Å². The molecule has 0 aliphatic rings. The van der Waals surface area contributed by atoms with Gasteiger partial charge in [-0.15, -0.1) is 0 Å². The highest BCUT2D eigenvalue weighted by molar-refractivity contribution is 9.11. The molecule has 0 spiro atoms. The van der Waals surface area contributed by atoms with Gasteiger partial charge in [-0.3, -0.25) is 0 Å². The van der Waals surface area contributed by atoms with Crippen molar-refractivity contribution >= 4 is 42.0 Å². The molecule has 0 atom stereocenters. The molecule has 0 radical (unpaired) electrons. The van der Waals surface area contributed by atoms with E-state index in [0.717, 1.165) is 6.26 Å². The quantitative estimate of drug-likeness (QED) is 0.783. The predicted molar refractivity (Wildman–Crippen MR) is 57.3 cm³/mol. The minimum Gasteiger partial charge on any atom is -0.380 e. The molecule has 0 heterocycles. The van der Waals surface area contributed by atoms with Gasteiger partial charge < -0.3 is 4.18 Å². The zero-order chi connectivity index (χ0) is 10.1. The third-order valence-electron chi connectivity index (χ3n) is 1.15. The average molecular weight is 330 g/mol. The maximum atomic E-state index is 10.8. The highest BCUT2D eigenvalue weighted by Gasteiger charge is 2.11. The van der Waals surface area contributed by atoms with Crippen LogP contribution in [0.3, 0.4) is 0 Å². The predicted octanol–water partition coefficient (Wildman–Crippen LogP) is 2.55. The van der Waals surface area contributed by atoms with Crippen molar-refractivity contribution < 1.29 is 12.6 Å². The van der Waals surface area contributed by atoms with Crippen LogP contribution in [-0.4, -0.2) is 14.7 Å². The summed E-state index contributed by atoms with van der Waals surface area (Å²) in [5.74, 6) is 0.269. The Morgan fingerprint density at radius 1 is 1.23 bits per heavy atom. The lowest BCUT2D eigenvalue weighted by Crippen LogP contribution is -2.06. The Kier molecular flexibility index (Phi) is 3.37. The molecular weight excluding hydrogens is 324 g/mol. The fourth-order valence-corrected chi connectivity index (χ4v) is 2.57. The first kappa shape index (κ1) is 11.0. The molecule has 1 rings (SSSR count). The van der Waals surface area contributed by atoms with Crippen LogP contribution in [0.1, 0.15) is 0 Å². The molecule has 0 unspecified atom stereocenters. The van der Waals surface area contributed by atoms with Gasteiger partial charge in [0.1, 0.15) is 0 Å². The normalized spacial score (nSPS) is 11.3. The summed E-state index contributed by atoms with van der Waals surface area (Å²) in [6, 6.07) is 5.17. The molecule has 0 amide bonds. The Balaban J connectivity index is 3.15. The van der Waals surface area contributed by atoms with Gasteiger partial charge in [-0.2, -0.15) is 8.42 Å². The van der Waals surface area contributed by atoms with Gasteiger partial charge in [0.2, 0.25) is 0 Å². The molecule has 1 aromatic carbocycles. The molecule has 0 aliphatic carbocycles. The van der Waals surface area contributed by atoms with Crippen molar-refractivity contribution in [1.29, 1.82) is 0 Å². The van der Waals surface area contributed by atoms with E-state index in [9.17, 15) is 8.42 Å². The van der Waals surface area contributed by atoms with Gasteiger partial charge in [0.25, 0.3) is 0 Å². The summed E-state index contributed by atoms with van der Waals surface area (Å²) in [5.41, 5.74) is 0. The number of rotatable bonds is 2. The van der Waals surface area contributed by atoms with E-state index in [1.807, 2.05) is 0 Å². The van der Waals surface area contributed by atoms with E-state index in [4.69, 9.17) is 4.18 Å². The molecule has 0 aliphatic heterocycles. The Morgan fingerprint density at radius 2 is 1.69 bits per heavy atom. The summed E-state index contributed by atoms with van der Waals surface area (Å²) in [4.78, 5) is 0. The van der Waals surface area contributed by atoms with E-state index in [0.29, 0.717) is 8.95 Å². The molecule has 0 fully saturated rings. The van der Waals surface area contributed by atoms with Crippen molar-refractivity contribution in [2.24, 2.45) is 0 Å². The van der Waals surface area contributed by atoms with E-state index >= 15 is 0 Å². The first-order valence-electron chi connectivity index (χ1n) is 3.23. The number of hydrogen-bond acceptors (Lipinski definition) is 3. The van der Waals surface area contributed by atoms with Gasteiger partial charge >= 0.3 is 10.1 Å². The zero-order valence-electron chi connectivity index (χ0n) is 6.62. The summed E-state index contributed by atoms with van der Waals surface area (Å²) in [6.07, 6.45) is 0.999. The van der Waals surface area contributed by atoms with Crippen LogP contribution in [0, 0.1) is 0 Å². The third kappa shape index (κ3) is 3.28. The van der Waals surface area contributed by atoms with Crippen molar-refractivity contribution in [3.8, 4) is 5.75 Å². The van der Waals surface area contributed by atoms with E-state index in [2.05, 4.69) is 31.9 Å². The topological polar surface area (TPSA) is 43.4 Å². The SMILES string of the molecule is CS(=O)(=O)Oc1c(Br)cccc1Br. The van der Waals surface area contributed by atoms with Crippen molar-refractivity contribution in [3.63, 3.8) is 0 Å². The molecule has 6 heteroatoms. The first-order chi connectivity index (χ1) is 5.90. The average Bonchev–Trinajstić information content (AvgIpc) is 1.95. The molecule has 0 saturated heterocycles. The lowest BCUT2D eigenvalue weighted by Gasteiger charge is -2.06. The fourth-order valence-electron chi connectivity index (χ4n) is 0.714. The molecular formula is C7H6Br2O3S. The number of hydrogen-bond donors (Lipinski definition) is 0. The standard InChI is InChI=1S/C7H6Br2O3S/c1-13(10,11)12-7-5(8)3-2-4-6(7)9/h2-4H,1H3. The number of halogens is 2. The monoisotopic (exact) mass is 328 g/mol. The number of para-hydroxylation sites is 1. The summed E-state index contributed by atoms with van der Waals surface area (Å²) in [5, 5.41) is 0. The molecule has 0 saturated carbocycles. The maximum Gasteiger partial charge on any atom is 0.306 e. The van der Waals surface area contributed by atoms with Crippen molar-refractivity contribution in [2.45, 2.75) is 0 Å². The summed E-state index contributed by atoms with van der Waals surface area (Å²) in [6.45, 7) is 0. The number of benzene rings is 1. The van der Waals surface area contributed by atoms with E-state index in [1.54, 1.807) is 18.2 Å². The fraction of sp³-hybridized carbons (Fsp3) is 0.143. The highest BCUT2D eigenvalue weighted by Crippen LogP contribution is 2.33. The van der Waals surface area contributed by atoms with Crippen LogP contribution in [-0.2, 0) is 10.1 Å². The lowest BCUT2D eigenvalue weighted by atomic mass is 10.3. The second-order valence-corrected chi connectivity index (χ2v) is 5.62. The summed E-state index contributed by atoms with van der Waals surface area (Å²) in [7, 11) is -3.48. The van der Waals surface area contributed by atoms with Crippen LogP contribution in [0.2, 0.25) is 0 Å². The molecule has 1 aromatic rings. The lowest BCUT2D eigenvalue weighted by molar-refractivity contribution is 0.490. The minimum atomic E-state index is -3.48. The molecule has 72 valence electrons. The van der Waals surface area contributed by atoms with Gasteiger partial charge in [0.05, 0.1) is 15.2 Å². The van der Waals surface area contributed by atoms with Crippen molar-refractivity contribution in [3.05, 3.63) is 27.1 Å². The van der Waals surface area contributed by atoms with Gasteiger partial charge in [0, 0.05) is 0 Å². The van der Waals surface area contributed by atoms with E-state index in [-0.39, 0.29) is 5.75 Å². The van der Waals surface area contributed by atoms with Crippen LogP contribution in [0.4, 0.5) is 0 Å². The Bertz CT molecular complexity index is 393. The van der Waals surface area contributed by atoms with Crippen molar-refractivity contribution in [1.82, 2.24) is 0 Å². The zero-order valence-corrected chi connectivity index (χ0v) is 10.6. The Hall–Kier alpha value is -0.0700. The van der Waals surface area contributed by atoms with E-state index in [1.165, 1.54) is 0 Å². The minimum absolute atomic E-state index is 0.269. The van der Waals surface area contributed by atoms with Gasteiger partial charge in [-0.05, 0) is 44.0 Å². The molecule has 0 bridgehead atoms. The van der Waals surface area contributed by atoms with Crippen LogP contribution in [0.15, 0.2) is 27.1 Å². The largest absolute Gasteiger partial charge is 0.380 e. The maximum absolute atomic E-state index is 10.8. The Morgan fingerprint density at radius 3 is 2.08 bits per heavy atom. The summed E-state index contributed by atoms with van der Waals surface area (Å²) < 4.78 is 27.6. The third-order valence-corrected chi connectivity index (χ3v) is 2.87. The summed E-state index contributed by atoms with van der Waals surface area (Å²) >= 11 is 6.36. The second kappa shape index (κ2) is 3.98. The smallest absolute Gasteiger partial charge is 0.306 e. The molecule has 13 heavy (non-hydrogen) atoms. The van der Waals surface area contributed by atoms with Crippen molar-refractivity contribution in [2.75, 3.05) is 6.26 Å². The van der Waals surface area contributed by atoms with Crippen LogP contribution in [0.25, 0.3) is 0 Å². The first-order valence-corrected chi connectivity index (χ1v) is 6.64. The molecule has 0 N–H and O–H groups in total. The molecule has 3 nitrogen and oxygen atoms in total. The van der Waals surface area contributed by atoms with Crippen LogP contribution < -0.4 is 4.18 Å². The van der Waals surface area contributed by atoms with Crippen LogP contribution >= 0.6 is 31.9 Å². The van der Waals surface area contributed by atoms with Gasteiger partial charge in [-0.25, -0.2) is 0 Å². The van der Waals surface area contributed by atoms with Crippen LogP contribution in [0.5, 0.6) is 5.75 Å². The van der Waals surface area contributed by atoms with Gasteiger partial charge in [0.15, 0.2) is 5.75 Å². The second-order valence-electron chi connectivity index (χ2n) is 2.34.